The van der Waals surface area contributed by atoms with Gasteiger partial charge in [-0.2, -0.15) is 0 Å². The standard InChI is InChI=1S/C16H15FN2O4/c17-13-7-5-11(6-8-13)14(9-16(20)21)18-10-12-3-1-2-4-15(12)19(22)23/h1-8,14,18H,9-10H2,(H,20,21)/t14-/m1/s1. The molecule has 6 nitrogen and oxygen atoms in total. The van der Waals surface area contributed by atoms with E-state index in [-0.39, 0.29) is 18.7 Å². The van der Waals surface area contributed by atoms with E-state index >= 15 is 0 Å². The maximum atomic E-state index is 13.0. The maximum absolute atomic E-state index is 13.0. The monoisotopic (exact) mass is 318 g/mol. The van der Waals surface area contributed by atoms with Crippen LogP contribution in [0.1, 0.15) is 23.6 Å². The lowest BCUT2D eigenvalue weighted by atomic mass is 10.0. The highest BCUT2D eigenvalue weighted by Crippen LogP contribution is 2.21. The van der Waals surface area contributed by atoms with Crippen molar-refractivity contribution in [1.82, 2.24) is 5.32 Å². The van der Waals surface area contributed by atoms with E-state index in [0.29, 0.717) is 11.1 Å². The molecule has 2 aromatic rings. The van der Waals surface area contributed by atoms with Gasteiger partial charge in [0.1, 0.15) is 5.82 Å². The molecule has 0 saturated carbocycles. The zero-order valence-electron chi connectivity index (χ0n) is 12.1. The van der Waals surface area contributed by atoms with Crippen molar-refractivity contribution in [2.24, 2.45) is 0 Å². The fourth-order valence-corrected chi connectivity index (χ4v) is 2.25. The van der Waals surface area contributed by atoms with E-state index in [2.05, 4.69) is 5.32 Å². The summed E-state index contributed by atoms with van der Waals surface area (Å²) in [4.78, 5) is 21.5. The van der Waals surface area contributed by atoms with Gasteiger partial charge < -0.3 is 10.4 Å². The molecule has 0 aromatic heterocycles. The second kappa shape index (κ2) is 7.46. The summed E-state index contributed by atoms with van der Waals surface area (Å²) in [7, 11) is 0. The highest BCUT2D eigenvalue weighted by molar-refractivity contribution is 5.68. The van der Waals surface area contributed by atoms with Crippen molar-refractivity contribution in [3.63, 3.8) is 0 Å². The Labute approximate surface area is 131 Å². The summed E-state index contributed by atoms with van der Waals surface area (Å²) in [5.74, 6) is -1.43. The highest BCUT2D eigenvalue weighted by atomic mass is 19.1. The van der Waals surface area contributed by atoms with E-state index in [1.165, 1.54) is 30.3 Å². The van der Waals surface area contributed by atoms with Crippen molar-refractivity contribution < 1.29 is 19.2 Å². The Morgan fingerprint density at radius 3 is 2.48 bits per heavy atom. The van der Waals surface area contributed by atoms with Crippen molar-refractivity contribution in [2.45, 2.75) is 19.0 Å². The van der Waals surface area contributed by atoms with Crippen molar-refractivity contribution in [3.05, 3.63) is 75.6 Å². The minimum atomic E-state index is -1.02. The molecular formula is C16H15FN2O4. The number of halogens is 1. The molecule has 0 radical (unpaired) electrons. The summed E-state index contributed by atoms with van der Waals surface area (Å²) < 4.78 is 13.0. The quantitative estimate of drug-likeness (QED) is 0.604. The van der Waals surface area contributed by atoms with Crippen LogP contribution in [0.3, 0.4) is 0 Å². The summed E-state index contributed by atoms with van der Waals surface area (Å²) in [5.41, 5.74) is 1.02. The van der Waals surface area contributed by atoms with E-state index in [4.69, 9.17) is 5.11 Å². The number of benzene rings is 2. The third-order valence-corrected chi connectivity index (χ3v) is 3.38. The average Bonchev–Trinajstić information content (AvgIpc) is 2.52. The number of para-hydroxylation sites is 1. The summed E-state index contributed by atoms with van der Waals surface area (Å²) in [5, 5.41) is 23.0. The van der Waals surface area contributed by atoms with Gasteiger partial charge in [-0.3, -0.25) is 14.9 Å². The van der Waals surface area contributed by atoms with Crippen LogP contribution in [0.2, 0.25) is 0 Å². The van der Waals surface area contributed by atoms with Crippen LogP contribution >= 0.6 is 0 Å². The van der Waals surface area contributed by atoms with Crippen LogP contribution in [-0.4, -0.2) is 16.0 Å². The number of carboxylic acid groups (broad SMARTS) is 1. The van der Waals surface area contributed by atoms with Gasteiger partial charge in [-0.05, 0) is 17.7 Å². The van der Waals surface area contributed by atoms with Crippen LogP contribution in [0.25, 0.3) is 0 Å². The zero-order valence-corrected chi connectivity index (χ0v) is 12.1. The topological polar surface area (TPSA) is 92.5 Å². The normalized spacial score (nSPS) is 11.9. The van der Waals surface area contributed by atoms with Gasteiger partial charge in [-0.1, -0.05) is 30.3 Å². The number of nitrogens with one attached hydrogen (secondary N) is 1. The van der Waals surface area contributed by atoms with Crippen molar-refractivity contribution in [3.8, 4) is 0 Å². The first kappa shape index (κ1) is 16.6. The number of hydrogen-bond acceptors (Lipinski definition) is 4. The van der Waals surface area contributed by atoms with Crippen molar-refractivity contribution >= 4 is 11.7 Å². The number of nitro groups is 1. The average molecular weight is 318 g/mol. The lowest BCUT2D eigenvalue weighted by Crippen LogP contribution is -2.24. The molecule has 2 N–H and O–H groups in total. The number of aliphatic carboxylic acids is 1. The molecule has 2 aromatic carbocycles. The SMILES string of the molecule is O=C(O)C[C@@H](NCc1ccccc1[N+](=O)[O-])c1ccc(F)cc1. The molecule has 0 aliphatic heterocycles. The first-order valence-electron chi connectivity index (χ1n) is 6.90. The minimum absolute atomic E-state index is 0.0341. The third-order valence-electron chi connectivity index (χ3n) is 3.38. The highest BCUT2D eigenvalue weighted by Gasteiger charge is 2.18. The second-order valence-corrected chi connectivity index (χ2v) is 4.97. The molecule has 0 fully saturated rings. The fourth-order valence-electron chi connectivity index (χ4n) is 2.25. The van der Waals surface area contributed by atoms with Crippen LogP contribution < -0.4 is 5.32 Å². The van der Waals surface area contributed by atoms with Gasteiger partial charge in [0.25, 0.3) is 5.69 Å². The Balaban J connectivity index is 2.17. The van der Waals surface area contributed by atoms with Gasteiger partial charge in [0.05, 0.1) is 11.3 Å². The van der Waals surface area contributed by atoms with E-state index < -0.39 is 22.8 Å². The summed E-state index contributed by atoms with van der Waals surface area (Å²) in [6, 6.07) is 11.1. The van der Waals surface area contributed by atoms with Crippen molar-refractivity contribution in [2.75, 3.05) is 0 Å². The molecule has 120 valence electrons. The second-order valence-electron chi connectivity index (χ2n) is 4.97. The molecule has 1 atom stereocenters. The number of nitrogens with zero attached hydrogens (tertiary/aromatic N) is 1. The first-order chi connectivity index (χ1) is 11.0. The summed E-state index contributed by atoms with van der Waals surface area (Å²) in [6.45, 7) is 0.131. The van der Waals surface area contributed by atoms with Gasteiger partial charge in [-0.25, -0.2) is 4.39 Å². The predicted octanol–water partition coefficient (Wildman–Crippen LogP) is 3.04. The van der Waals surface area contributed by atoms with E-state index in [1.54, 1.807) is 18.2 Å². The lowest BCUT2D eigenvalue weighted by molar-refractivity contribution is -0.385. The molecule has 0 aliphatic rings. The van der Waals surface area contributed by atoms with E-state index in [0.717, 1.165) is 0 Å². The Kier molecular flexibility index (Phi) is 5.37. The third kappa shape index (κ3) is 4.58. The fraction of sp³-hybridized carbons (Fsp3) is 0.188. The Hall–Kier alpha value is -2.80. The molecule has 7 heteroatoms. The number of nitro benzene ring substituents is 1. The van der Waals surface area contributed by atoms with Gasteiger partial charge in [0.15, 0.2) is 0 Å². The van der Waals surface area contributed by atoms with Crippen LogP contribution in [-0.2, 0) is 11.3 Å². The summed E-state index contributed by atoms with van der Waals surface area (Å²) >= 11 is 0. The minimum Gasteiger partial charge on any atom is -0.481 e. The maximum Gasteiger partial charge on any atom is 0.305 e. The molecule has 23 heavy (non-hydrogen) atoms. The van der Waals surface area contributed by atoms with Gasteiger partial charge in [0.2, 0.25) is 0 Å². The van der Waals surface area contributed by atoms with Gasteiger partial charge in [0, 0.05) is 24.2 Å². The van der Waals surface area contributed by atoms with Crippen molar-refractivity contribution in [1.29, 1.82) is 0 Å². The van der Waals surface area contributed by atoms with Crippen LogP contribution in [0, 0.1) is 15.9 Å². The Morgan fingerprint density at radius 1 is 1.22 bits per heavy atom. The number of carbonyl (C=O) groups is 1. The van der Waals surface area contributed by atoms with E-state index in [9.17, 15) is 19.3 Å². The smallest absolute Gasteiger partial charge is 0.305 e. The summed E-state index contributed by atoms with van der Waals surface area (Å²) in [6.07, 6.45) is -0.216. The molecule has 0 amide bonds. The zero-order chi connectivity index (χ0) is 16.8. The molecule has 0 aliphatic carbocycles. The van der Waals surface area contributed by atoms with Gasteiger partial charge in [-0.15, -0.1) is 0 Å². The molecule has 0 saturated heterocycles. The predicted molar refractivity (Wildman–Crippen MR) is 81.3 cm³/mol. The Morgan fingerprint density at radius 2 is 1.87 bits per heavy atom. The molecule has 0 heterocycles. The molecule has 0 bridgehead atoms. The molecule has 0 unspecified atom stereocenters. The first-order valence-corrected chi connectivity index (χ1v) is 6.90. The number of carboxylic acids is 1. The largest absolute Gasteiger partial charge is 0.481 e. The van der Waals surface area contributed by atoms with Crippen LogP contribution in [0.4, 0.5) is 10.1 Å². The molecule has 2 rings (SSSR count). The Bertz CT molecular complexity index is 703. The van der Waals surface area contributed by atoms with Crippen LogP contribution in [0.5, 0.6) is 0 Å². The number of hydrogen-bond donors (Lipinski definition) is 2. The number of rotatable bonds is 7. The molecular weight excluding hydrogens is 303 g/mol. The molecule has 0 spiro atoms. The van der Waals surface area contributed by atoms with Crippen LogP contribution in [0.15, 0.2) is 48.5 Å². The van der Waals surface area contributed by atoms with Gasteiger partial charge >= 0.3 is 5.97 Å². The van der Waals surface area contributed by atoms with E-state index in [1.807, 2.05) is 0 Å². The lowest BCUT2D eigenvalue weighted by Gasteiger charge is -2.17.